The van der Waals surface area contributed by atoms with E-state index in [9.17, 15) is 9.59 Å². The lowest BCUT2D eigenvalue weighted by Gasteiger charge is -2.10. The average molecular weight is 227 g/mol. The number of esters is 1. The predicted octanol–water partition coefficient (Wildman–Crippen LogP) is 0.288. The molecule has 1 heterocycles. The highest BCUT2D eigenvalue weighted by molar-refractivity contribution is 5.91. The molecule has 1 aromatic rings. The zero-order valence-electron chi connectivity index (χ0n) is 9.01. The Bertz CT molecular complexity index is 413. The van der Waals surface area contributed by atoms with Crippen molar-refractivity contribution < 1.29 is 19.4 Å². The third-order valence-electron chi connectivity index (χ3n) is 1.99. The van der Waals surface area contributed by atoms with Crippen LogP contribution in [0, 0.1) is 0 Å². The lowest BCUT2D eigenvalue weighted by atomic mass is 10.3. The number of carbonyl (C=O) groups excluding carboxylic acids is 1. The number of aromatic nitrogens is 2. The maximum atomic E-state index is 11.4. The van der Waals surface area contributed by atoms with Gasteiger partial charge in [0.2, 0.25) is 0 Å². The Morgan fingerprint density at radius 2 is 2.31 bits per heavy atom. The minimum atomic E-state index is -1.23. The molecule has 0 aromatic carbocycles. The Morgan fingerprint density at radius 3 is 2.75 bits per heavy atom. The quantitative estimate of drug-likeness (QED) is 0.715. The first-order valence-electron chi connectivity index (χ1n) is 4.72. The van der Waals surface area contributed by atoms with Gasteiger partial charge in [-0.1, -0.05) is 0 Å². The van der Waals surface area contributed by atoms with Crippen LogP contribution in [0.4, 0.5) is 5.69 Å². The molecule has 0 saturated carbocycles. The number of nitrogen functional groups attached to an aromatic ring is 1. The van der Waals surface area contributed by atoms with Gasteiger partial charge < -0.3 is 15.6 Å². The van der Waals surface area contributed by atoms with Gasteiger partial charge >= 0.3 is 11.9 Å². The van der Waals surface area contributed by atoms with Crippen LogP contribution >= 0.6 is 0 Å². The average Bonchev–Trinajstić information content (AvgIpc) is 2.59. The maximum absolute atomic E-state index is 11.4. The molecular formula is C9H13N3O4. The monoisotopic (exact) mass is 227 g/mol. The smallest absolute Gasteiger partial charge is 0.358 e. The van der Waals surface area contributed by atoms with Crippen LogP contribution in [-0.2, 0) is 9.53 Å². The summed E-state index contributed by atoms with van der Waals surface area (Å²) in [6.07, 6.45) is 1.30. The summed E-state index contributed by atoms with van der Waals surface area (Å²) in [4.78, 5) is 22.0. The van der Waals surface area contributed by atoms with Gasteiger partial charge in [0.15, 0.2) is 5.69 Å². The Hall–Kier alpha value is -2.05. The van der Waals surface area contributed by atoms with Gasteiger partial charge in [0, 0.05) is 6.20 Å². The first-order valence-corrected chi connectivity index (χ1v) is 4.72. The van der Waals surface area contributed by atoms with Crippen molar-refractivity contribution in [2.75, 3.05) is 12.3 Å². The van der Waals surface area contributed by atoms with E-state index in [1.807, 2.05) is 0 Å². The highest BCUT2D eigenvalue weighted by atomic mass is 16.5. The van der Waals surface area contributed by atoms with Crippen LogP contribution in [-0.4, -0.2) is 33.4 Å². The lowest BCUT2D eigenvalue weighted by molar-refractivity contribution is -0.146. The van der Waals surface area contributed by atoms with Gasteiger partial charge in [-0.15, -0.1) is 0 Å². The SMILES string of the molecule is CCOC(=O)C(C)n1cc(N)c(C(=O)O)n1. The summed E-state index contributed by atoms with van der Waals surface area (Å²) >= 11 is 0. The van der Waals surface area contributed by atoms with Crippen molar-refractivity contribution in [1.29, 1.82) is 0 Å². The number of carboxylic acids is 1. The van der Waals surface area contributed by atoms with Crippen LogP contribution in [0.5, 0.6) is 0 Å². The summed E-state index contributed by atoms with van der Waals surface area (Å²) in [7, 11) is 0. The highest BCUT2D eigenvalue weighted by Crippen LogP contribution is 2.14. The van der Waals surface area contributed by atoms with E-state index in [2.05, 4.69) is 5.10 Å². The fourth-order valence-electron chi connectivity index (χ4n) is 1.14. The van der Waals surface area contributed by atoms with E-state index in [-0.39, 0.29) is 18.0 Å². The highest BCUT2D eigenvalue weighted by Gasteiger charge is 2.21. The van der Waals surface area contributed by atoms with Gasteiger partial charge in [-0.2, -0.15) is 5.10 Å². The van der Waals surface area contributed by atoms with Crippen molar-refractivity contribution in [2.24, 2.45) is 0 Å². The second-order valence-electron chi connectivity index (χ2n) is 3.15. The zero-order chi connectivity index (χ0) is 12.3. The molecular weight excluding hydrogens is 214 g/mol. The van der Waals surface area contributed by atoms with E-state index in [4.69, 9.17) is 15.6 Å². The van der Waals surface area contributed by atoms with E-state index in [1.54, 1.807) is 13.8 Å². The molecule has 0 aliphatic carbocycles. The van der Waals surface area contributed by atoms with Crippen LogP contribution in [0.15, 0.2) is 6.20 Å². The Labute approximate surface area is 91.8 Å². The second-order valence-corrected chi connectivity index (χ2v) is 3.15. The van der Waals surface area contributed by atoms with E-state index in [0.29, 0.717) is 0 Å². The number of carboxylic acid groups (broad SMARTS) is 1. The van der Waals surface area contributed by atoms with Gasteiger partial charge in [-0.25, -0.2) is 9.59 Å². The van der Waals surface area contributed by atoms with Crippen molar-refractivity contribution in [2.45, 2.75) is 19.9 Å². The number of rotatable bonds is 4. The number of anilines is 1. The van der Waals surface area contributed by atoms with Crippen LogP contribution in [0.3, 0.4) is 0 Å². The van der Waals surface area contributed by atoms with Gasteiger partial charge in [0.25, 0.3) is 0 Å². The molecule has 0 bridgehead atoms. The number of nitrogens with zero attached hydrogens (tertiary/aromatic N) is 2. The minimum absolute atomic E-state index is 0.0173. The molecule has 0 aliphatic rings. The normalized spacial score (nSPS) is 12.1. The van der Waals surface area contributed by atoms with E-state index >= 15 is 0 Å². The first-order chi connectivity index (χ1) is 7.47. The Balaban J connectivity index is 2.92. The van der Waals surface area contributed by atoms with Crippen molar-refractivity contribution >= 4 is 17.6 Å². The van der Waals surface area contributed by atoms with Crippen molar-refractivity contribution in [1.82, 2.24) is 9.78 Å². The third kappa shape index (κ3) is 2.30. The van der Waals surface area contributed by atoms with Crippen LogP contribution in [0.25, 0.3) is 0 Å². The fourth-order valence-corrected chi connectivity index (χ4v) is 1.14. The largest absolute Gasteiger partial charge is 0.476 e. The summed E-state index contributed by atoms with van der Waals surface area (Å²) in [5.74, 6) is -1.71. The molecule has 0 amide bonds. The standard InChI is InChI=1S/C9H13N3O4/c1-3-16-9(15)5(2)12-4-6(10)7(11-12)8(13)14/h4-5H,3,10H2,1-2H3,(H,13,14). The maximum Gasteiger partial charge on any atom is 0.358 e. The number of hydrogen-bond donors (Lipinski definition) is 2. The van der Waals surface area contributed by atoms with Gasteiger partial charge in [0.1, 0.15) is 6.04 Å². The van der Waals surface area contributed by atoms with E-state index in [1.165, 1.54) is 10.9 Å². The third-order valence-corrected chi connectivity index (χ3v) is 1.99. The molecule has 1 aromatic heterocycles. The zero-order valence-corrected chi connectivity index (χ0v) is 9.01. The molecule has 0 fully saturated rings. The summed E-state index contributed by atoms with van der Waals surface area (Å²) in [5, 5.41) is 12.4. The number of ether oxygens (including phenoxy) is 1. The lowest BCUT2D eigenvalue weighted by Crippen LogP contribution is -2.20. The molecule has 7 nitrogen and oxygen atoms in total. The van der Waals surface area contributed by atoms with Crippen molar-refractivity contribution in [3.63, 3.8) is 0 Å². The van der Waals surface area contributed by atoms with Crippen LogP contribution < -0.4 is 5.73 Å². The van der Waals surface area contributed by atoms with Gasteiger partial charge in [-0.05, 0) is 13.8 Å². The molecule has 7 heteroatoms. The molecule has 1 unspecified atom stereocenters. The molecule has 0 saturated heterocycles. The second kappa shape index (κ2) is 4.65. The van der Waals surface area contributed by atoms with Crippen molar-refractivity contribution in [3.05, 3.63) is 11.9 Å². The number of carbonyl (C=O) groups is 2. The summed E-state index contributed by atoms with van der Waals surface area (Å²) in [6.45, 7) is 3.49. The Kier molecular flexibility index (Phi) is 3.49. The molecule has 1 atom stereocenters. The number of aromatic carboxylic acids is 1. The summed E-state index contributed by atoms with van der Waals surface area (Å²) in [5.41, 5.74) is 5.19. The predicted molar refractivity (Wildman–Crippen MR) is 54.9 cm³/mol. The Morgan fingerprint density at radius 1 is 1.69 bits per heavy atom. The molecule has 0 aliphatic heterocycles. The minimum Gasteiger partial charge on any atom is -0.476 e. The number of nitrogens with two attached hydrogens (primary N) is 1. The molecule has 1 rings (SSSR count). The summed E-state index contributed by atoms with van der Waals surface area (Å²) in [6, 6.07) is -0.699. The van der Waals surface area contributed by atoms with Crippen LogP contribution in [0.1, 0.15) is 30.4 Å². The van der Waals surface area contributed by atoms with E-state index < -0.39 is 18.0 Å². The number of hydrogen-bond acceptors (Lipinski definition) is 5. The van der Waals surface area contributed by atoms with Gasteiger partial charge in [0.05, 0.1) is 12.3 Å². The van der Waals surface area contributed by atoms with Gasteiger partial charge in [-0.3, -0.25) is 4.68 Å². The first kappa shape index (κ1) is 12.0. The molecule has 88 valence electrons. The van der Waals surface area contributed by atoms with E-state index in [0.717, 1.165) is 0 Å². The molecule has 0 radical (unpaired) electrons. The fraction of sp³-hybridized carbons (Fsp3) is 0.444. The molecule has 0 spiro atoms. The topological polar surface area (TPSA) is 107 Å². The molecule has 16 heavy (non-hydrogen) atoms. The molecule has 3 N–H and O–H groups in total. The van der Waals surface area contributed by atoms with Crippen molar-refractivity contribution in [3.8, 4) is 0 Å². The van der Waals surface area contributed by atoms with Crippen LogP contribution in [0.2, 0.25) is 0 Å². The summed E-state index contributed by atoms with van der Waals surface area (Å²) < 4.78 is 5.96.